The molecule has 1 N–H and O–H groups in total. The molecule has 0 saturated heterocycles. The summed E-state index contributed by atoms with van der Waals surface area (Å²) >= 11 is 1.66. The summed E-state index contributed by atoms with van der Waals surface area (Å²) in [5.74, 6) is -0.0373. The Kier molecular flexibility index (Phi) is 3.57. The van der Waals surface area contributed by atoms with Crippen LogP contribution in [0.4, 0.5) is 0 Å². The molecule has 1 aliphatic carbocycles. The van der Waals surface area contributed by atoms with E-state index >= 15 is 0 Å². The molecule has 1 saturated carbocycles. The molecule has 0 atom stereocenters. The summed E-state index contributed by atoms with van der Waals surface area (Å²) < 4.78 is 1.81. The van der Waals surface area contributed by atoms with E-state index in [0.29, 0.717) is 18.2 Å². The maximum atomic E-state index is 12.7. The highest BCUT2D eigenvalue weighted by Crippen LogP contribution is 2.35. The van der Waals surface area contributed by atoms with Gasteiger partial charge >= 0.3 is 5.69 Å². The summed E-state index contributed by atoms with van der Waals surface area (Å²) in [7, 11) is 1.81. The number of carbonyl (C=O) groups excluding carboxylic acids is 1. The van der Waals surface area contributed by atoms with Gasteiger partial charge < -0.3 is 9.88 Å². The number of nitrogens with zero attached hydrogens (tertiary/aromatic N) is 2. The molecule has 124 valence electrons. The minimum absolute atomic E-state index is 0.0373. The van der Waals surface area contributed by atoms with Crippen LogP contribution in [-0.4, -0.2) is 27.4 Å². The van der Waals surface area contributed by atoms with Crippen LogP contribution in [0.5, 0.6) is 0 Å². The Bertz CT molecular complexity index is 978. The van der Waals surface area contributed by atoms with E-state index in [0.717, 1.165) is 23.9 Å². The number of fused-ring (bicyclic) bond motifs is 1. The summed E-state index contributed by atoms with van der Waals surface area (Å²) in [6.45, 7) is 2.65. The van der Waals surface area contributed by atoms with Gasteiger partial charge in [-0.2, -0.15) is 0 Å². The van der Waals surface area contributed by atoms with E-state index in [1.54, 1.807) is 22.3 Å². The van der Waals surface area contributed by atoms with Crippen LogP contribution in [0.15, 0.2) is 34.4 Å². The number of amides is 1. The third kappa shape index (κ3) is 2.57. The van der Waals surface area contributed by atoms with Crippen molar-refractivity contribution in [3.05, 3.63) is 56.1 Å². The van der Waals surface area contributed by atoms with Gasteiger partial charge in [-0.1, -0.05) is 0 Å². The Morgan fingerprint density at radius 2 is 2.17 bits per heavy atom. The van der Waals surface area contributed by atoms with Gasteiger partial charge in [-0.15, -0.1) is 11.3 Å². The molecule has 0 spiro atoms. The number of carbonyl (C=O) groups is 1. The van der Waals surface area contributed by atoms with Crippen molar-refractivity contribution in [2.75, 3.05) is 7.05 Å². The molecule has 1 amide bonds. The van der Waals surface area contributed by atoms with Gasteiger partial charge in [-0.25, -0.2) is 4.79 Å². The number of imidazole rings is 1. The van der Waals surface area contributed by atoms with Crippen LogP contribution < -0.4 is 5.69 Å². The fourth-order valence-corrected chi connectivity index (χ4v) is 3.99. The molecule has 0 radical (unpaired) electrons. The zero-order valence-corrected chi connectivity index (χ0v) is 14.5. The second-order valence-corrected chi connectivity index (χ2v) is 7.45. The zero-order chi connectivity index (χ0) is 16.8. The van der Waals surface area contributed by atoms with Crippen LogP contribution in [0.2, 0.25) is 0 Å². The van der Waals surface area contributed by atoms with E-state index in [2.05, 4.69) is 18.0 Å². The van der Waals surface area contributed by atoms with Crippen LogP contribution >= 0.6 is 11.3 Å². The maximum Gasteiger partial charge on any atom is 0.326 e. The van der Waals surface area contributed by atoms with E-state index in [1.165, 1.54) is 10.4 Å². The molecular formula is C18H19N3O2S. The number of hydrogen-bond acceptors (Lipinski definition) is 3. The molecule has 0 aliphatic heterocycles. The van der Waals surface area contributed by atoms with Crippen LogP contribution in [0.3, 0.4) is 0 Å². The Balaban J connectivity index is 1.62. The summed E-state index contributed by atoms with van der Waals surface area (Å²) in [6, 6.07) is 7.86. The lowest BCUT2D eigenvalue weighted by Gasteiger charge is -2.17. The normalized spacial score (nSPS) is 14.2. The second kappa shape index (κ2) is 5.63. The summed E-state index contributed by atoms with van der Waals surface area (Å²) in [6.07, 6.45) is 2.10. The molecule has 24 heavy (non-hydrogen) atoms. The molecule has 2 heterocycles. The highest BCUT2D eigenvalue weighted by molar-refractivity contribution is 7.10. The van der Waals surface area contributed by atoms with Gasteiger partial charge in [0.15, 0.2) is 0 Å². The highest BCUT2D eigenvalue weighted by atomic mass is 32.1. The first-order valence-electron chi connectivity index (χ1n) is 8.07. The minimum atomic E-state index is -0.0836. The van der Waals surface area contributed by atoms with Crippen molar-refractivity contribution in [3.63, 3.8) is 0 Å². The highest BCUT2D eigenvalue weighted by Gasteiger charge is 2.27. The number of benzene rings is 1. The molecule has 1 fully saturated rings. The number of aromatic amines is 1. The summed E-state index contributed by atoms with van der Waals surface area (Å²) in [4.78, 5) is 30.6. The zero-order valence-electron chi connectivity index (χ0n) is 13.7. The second-order valence-electron chi connectivity index (χ2n) is 6.45. The quantitative estimate of drug-likeness (QED) is 0.791. The van der Waals surface area contributed by atoms with Crippen LogP contribution in [-0.2, 0) is 6.54 Å². The van der Waals surface area contributed by atoms with Gasteiger partial charge in [-0.3, -0.25) is 9.36 Å². The van der Waals surface area contributed by atoms with Crippen LogP contribution in [0, 0.1) is 6.92 Å². The third-order valence-corrected chi connectivity index (χ3v) is 5.58. The minimum Gasteiger partial charge on any atom is -0.337 e. The smallest absolute Gasteiger partial charge is 0.326 e. The van der Waals surface area contributed by atoms with Gasteiger partial charge in [0.05, 0.1) is 17.6 Å². The van der Waals surface area contributed by atoms with E-state index < -0.39 is 0 Å². The Hall–Kier alpha value is -2.34. The number of aromatic nitrogens is 2. The first kappa shape index (κ1) is 15.2. The van der Waals surface area contributed by atoms with Crippen molar-refractivity contribution in [3.8, 4) is 0 Å². The molecule has 2 aromatic heterocycles. The van der Waals surface area contributed by atoms with E-state index in [4.69, 9.17) is 0 Å². The molecule has 6 heteroatoms. The van der Waals surface area contributed by atoms with E-state index in [9.17, 15) is 9.59 Å². The molecule has 0 bridgehead atoms. The lowest BCUT2D eigenvalue weighted by atomic mass is 10.1. The predicted molar refractivity (Wildman–Crippen MR) is 95.7 cm³/mol. The van der Waals surface area contributed by atoms with E-state index in [-0.39, 0.29) is 11.6 Å². The maximum absolute atomic E-state index is 12.7. The van der Waals surface area contributed by atoms with Gasteiger partial charge in [0.1, 0.15) is 0 Å². The lowest BCUT2D eigenvalue weighted by molar-refractivity contribution is 0.0786. The number of aryl methyl sites for hydroxylation is 1. The number of hydrogen-bond donors (Lipinski definition) is 1. The van der Waals surface area contributed by atoms with Crippen LogP contribution in [0.25, 0.3) is 11.0 Å². The molecule has 1 aromatic carbocycles. The number of nitrogens with one attached hydrogen (secondary N) is 1. The third-order valence-electron chi connectivity index (χ3n) is 4.57. The number of rotatable bonds is 4. The largest absolute Gasteiger partial charge is 0.337 e. The first-order valence-corrected chi connectivity index (χ1v) is 8.95. The van der Waals surface area contributed by atoms with Crippen LogP contribution in [0.1, 0.15) is 39.7 Å². The van der Waals surface area contributed by atoms with Gasteiger partial charge in [-0.05, 0) is 55.0 Å². The van der Waals surface area contributed by atoms with E-state index in [1.807, 2.05) is 29.1 Å². The van der Waals surface area contributed by atoms with Crippen molar-refractivity contribution >= 4 is 28.3 Å². The van der Waals surface area contributed by atoms with Crippen molar-refractivity contribution < 1.29 is 4.79 Å². The molecule has 3 aromatic rings. The number of thiophene rings is 1. The lowest BCUT2D eigenvalue weighted by Crippen LogP contribution is -2.26. The Labute approximate surface area is 143 Å². The average molecular weight is 341 g/mol. The average Bonchev–Trinajstić information content (AvgIpc) is 3.23. The van der Waals surface area contributed by atoms with Gasteiger partial charge in [0, 0.05) is 23.5 Å². The Morgan fingerprint density at radius 1 is 1.38 bits per heavy atom. The number of H-pyrrole nitrogens is 1. The van der Waals surface area contributed by atoms with Crippen molar-refractivity contribution in [2.45, 2.75) is 32.4 Å². The first-order chi connectivity index (χ1) is 11.5. The Morgan fingerprint density at radius 3 is 2.83 bits per heavy atom. The van der Waals surface area contributed by atoms with Gasteiger partial charge in [0.2, 0.25) is 0 Å². The SMILES string of the molecule is Cc1ccsc1CN(C)C(=O)c1ccc2c(c1)[nH]c(=O)n2C1CC1. The summed E-state index contributed by atoms with van der Waals surface area (Å²) in [5.41, 5.74) is 3.35. The monoisotopic (exact) mass is 341 g/mol. The predicted octanol–water partition coefficient (Wildman–Crippen LogP) is 3.31. The van der Waals surface area contributed by atoms with Gasteiger partial charge in [0.25, 0.3) is 5.91 Å². The molecule has 5 nitrogen and oxygen atoms in total. The molecule has 4 rings (SSSR count). The summed E-state index contributed by atoms with van der Waals surface area (Å²) in [5, 5.41) is 2.04. The van der Waals surface area contributed by atoms with Crippen molar-refractivity contribution in [1.82, 2.24) is 14.5 Å². The molecule has 1 aliphatic rings. The topological polar surface area (TPSA) is 58.1 Å². The molecule has 0 unspecified atom stereocenters. The standard InChI is InChI=1S/C18H19N3O2S/c1-11-7-8-24-16(11)10-20(2)17(22)12-3-6-15-14(9-12)19-18(23)21(15)13-4-5-13/h3,6-9,13H,4-5,10H2,1-2H3,(H,19,23). The fourth-order valence-electron chi connectivity index (χ4n) is 3.03. The fraction of sp³-hybridized carbons (Fsp3) is 0.333. The van der Waals surface area contributed by atoms with Crippen molar-refractivity contribution in [2.24, 2.45) is 0 Å². The molecular weight excluding hydrogens is 322 g/mol. The van der Waals surface area contributed by atoms with Crippen molar-refractivity contribution in [1.29, 1.82) is 0 Å².